The molecule has 2 rings (SSSR count). The third kappa shape index (κ3) is 6.59. The first-order valence-corrected chi connectivity index (χ1v) is 9.78. The molecular weight excluding hydrogens is 368 g/mol. The van der Waals surface area contributed by atoms with E-state index in [0.29, 0.717) is 19.0 Å². The molecule has 9 heteroatoms. The van der Waals surface area contributed by atoms with Crippen LogP contribution in [-0.2, 0) is 9.59 Å². The van der Waals surface area contributed by atoms with Crippen molar-refractivity contribution in [2.45, 2.75) is 38.5 Å². The van der Waals surface area contributed by atoms with Crippen molar-refractivity contribution in [3.63, 3.8) is 0 Å². The molecule has 1 aromatic carbocycles. The van der Waals surface area contributed by atoms with E-state index in [2.05, 4.69) is 20.8 Å². The lowest BCUT2D eigenvalue weighted by Gasteiger charge is -2.13. The number of nitrogens with zero attached hydrogens (tertiary/aromatic N) is 2. The highest BCUT2D eigenvalue weighted by Crippen LogP contribution is 2.24. The van der Waals surface area contributed by atoms with Crippen molar-refractivity contribution >= 4 is 23.6 Å². The van der Waals surface area contributed by atoms with Crippen LogP contribution in [0.4, 0.5) is 0 Å². The molecule has 8 nitrogen and oxygen atoms in total. The van der Waals surface area contributed by atoms with Crippen LogP contribution in [0.15, 0.2) is 33.9 Å². The highest BCUT2D eigenvalue weighted by atomic mass is 32.2. The zero-order valence-corrected chi connectivity index (χ0v) is 16.5. The van der Waals surface area contributed by atoms with E-state index in [0.717, 1.165) is 29.5 Å². The Labute approximate surface area is 162 Å². The van der Waals surface area contributed by atoms with Gasteiger partial charge in [0.15, 0.2) is 0 Å². The van der Waals surface area contributed by atoms with Crippen LogP contribution in [-0.4, -0.2) is 47.0 Å². The predicted molar refractivity (Wildman–Crippen MR) is 103 cm³/mol. The first-order chi connectivity index (χ1) is 13.0. The van der Waals surface area contributed by atoms with Crippen molar-refractivity contribution in [2.24, 2.45) is 0 Å². The molecule has 0 radical (unpaired) electrons. The van der Waals surface area contributed by atoms with E-state index in [1.807, 2.05) is 38.1 Å². The second-order valence-electron chi connectivity index (χ2n) is 5.70. The van der Waals surface area contributed by atoms with Crippen LogP contribution in [0.1, 0.15) is 27.2 Å². The zero-order chi connectivity index (χ0) is 19.6. The molecule has 0 aliphatic heterocycles. The first kappa shape index (κ1) is 20.8. The topological polar surface area (TPSA) is 106 Å². The van der Waals surface area contributed by atoms with Gasteiger partial charge in [-0.25, -0.2) is 0 Å². The molecule has 0 aliphatic carbocycles. The monoisotopic (exact) mass is 392 g/mol. The van der Waals surface area contributed by atoms with Gasteiger partial charge in [0.2, 0.25) is 17.7 Å². The van der Waals surface area contributed by atoms with Gasteiger partial charge in [-0.05, 0) is 44.5 Å². The van der Waals surface area contributed by atoms with Gasteiger partial charge >= 0.3 is 0 Å². The molecule has 0 unspecified atom stereocenters. The Morgan fingerprint density at radius 3 is 2.63 bits per heavy atom. The number of benzene rings is 1. The number of rotatable bonds is 10. The quantitative estimate of drug-likeness (QED) is 0.597. The van der Waals surface area contributed by atoms with Crippen molar-refractivity contribution in [3.8, 4) is 17.2 Å². The van der Waals surface area contributed by atoms with Gasteiger partial charge < -0.3 is 19.8 Å². The van der Waals surface area contributed by atoms with Crippen molar-refractivity contribution in [1.82, 2.24) is 20.8 Å². The SMILES string of the molecule is CCCNC(=O)[C@H](C)NC(=O)CSc1nnc(-c2ccc(OCC)cc2)o1. The number of ether oxygens (including phenoxy) is 1. The molecule has 2 amide bonds. The van der Waals surface area contributed by atoms with Crippen molar-refractivity contribution < 1.29 is 18.7 Å². The van der Waals surface area contributed by atoms with Crippen LogP contribution < -0.4 is 15.4 Å². The summed E-state index contributed by atoms with van der Waals surface area (Å²) in [7, 11) is 0. The minimum Gasteiger partial charge on any atom is -0.494 e. The fraction of sp³-hybridized carbons (Fsp3) is 0.444. The summed E-state index contributed by atoms with van der Waals surface area (Å²) in [6.07, 6.45) is 0.843. The van der Waals surface area contributed by atoms with Crippen LogP contribution in [0.2, 0.25) is 0 Å². The van der Waals surface area contributed by atoms with E-state index in [1.165, 1.54) is 0 Å². The minimum absolute atomic E-state index is 0.0797. The number of hydrogen-bond donors (Lipinski definition) is 2. The van der Waals surface area contributed by atoms with Crippen LogP contribution in [0, 0.1) is 0 Å². The summed E-state index contributed by atoms with van der Waals surface area (Å²) in [5.41, 5.74) is 0.767. The van der Waals surface area contributed by atoms with E-state index in [1.54, 1.807) is 6.92 Å². The summed E-state index contributed by atoms with van der Waals surface area (Å²) in [6.45, 7) is 6.71. The second-order valence-corrected chi connectivity index (χ2v) is 6.63. The van der Waals surface area contributed by atoms with Crippen LogP contribution >= 0.6 is 11.8 Å². The molecular formula is C18H24N4O4S. The molecule has 27 heavy (non-hydrogen) atoms. The number of hydrogen-bond acceptors (Lipinski definition) is 7. The lowest BCUT2D eigenvalue weighted by atomic mass is 10.2. The van der Waals surface area contributed by atoms with E-state index < -0.39 is 6.04 Å². The highest BCUT2D eigenvalue weighted by Gasteiger charge is 2.16. The van der Waals surface area contributed by atoms with Crippen LogP contribution in [0.5, 0.6) is 5.75 Å². The van der Waals surface area contributed by atoms with Gasteiger partial charge in [-0.1, -0.05) is 18.7 Å². The fourth-order valence-electron chi connectivity index (χ4n) is 2.12. The zero-order valence-electron chi connectivity index (χ0n) is 15.7. The third-order valence-electron chi connectivity index (χ3n) is 3.47. The van der Waals surface area contributed by atoms with Crippen LogP contribution in [0.25, 0.3) is 11.5 Å². The van der Waals surface area contributed by atoms with E-state index in [-0.39, 0.29) is 22.8 Å². The van der Waals surface area contributed by atoms with Gasteiger partial charge in [0.25, 0.3) is 5.22 Å². The van der Waals surface area contributed by atoms with Crippen LogP contribution in [0.3, 0.4) is 0 Å². The fourth-order valence-corrected chi connectivity index (χ4v) is 2.70. The normalized spacial score (nSPS) is 11.7. The maximum absolute atomic E-state index is 12.0. The van der Waals surface area contributed by atoms with Gasteiger partial charge in [-0.3, -0.25) is 9.59 Å². The number of carbonyl (C=O) groups excluding carboxylic acids is 2. The average molecular weight is 392 g/mol. The van der Waals surface area contributed by atoms with E-state index in [9.17, 15) is 9.59 Å². The Morgan fingerprint density at radius 1 is 1.22 bits per heavy atom. The van der Waals surface area contributed by atoms with Gasteiger partial charge in [0, 0.05) is 12.1 Å². The molecule has 0 aliphatic rings. The Kier molecular flexibility index (Phi) is 8.12. The van der Waals surface area contributed by atoms with Crippen molar-refractivity contribution in [2.75, 3.05) is 18.9 Å². The summed E-state index contributed by atoms with van der Waals surface area (Å²) in [4.78, 5) is 23.7. The second kappa shape index (κ2) is 10.6. The smallest absolute Gasteiger partial charge is 0.277 e. The highest BCUT2D eigenvalue weighted by molar-refractivity contribution is 7.99. The van der Waals surface area contributed by atoms with E-state index in [4.69, 9.17) is 9.15 Å². The number of thioether (sulfide) groups is 1. The van der Waals surface area contributed by atoms with Crippen molar-refractivity contribution in [1.29, 1.82) is 0 Å². The number of amides is 2. The number of aromatic nitrogens is 2. The van der Waals surface area contributed by atoms with E-state index >= 15 is 0 Å². The molecule has 2 N–H and O–H groups in total. The summed E-state index contributed by atoms with van der Waals surface area (Å²) >= 11 is 1.12. The molecule has 0 saturated heterocycles. The lowest BCUT2D eigenvalue weighted by Crippen LogP contribution is -2.45. The summed E-state index contributed by atoms with van der Waals surface area (Å²) < 4.78 is 11.0. The van der Waals surface area contributed by atoms with Gasteiger partial charge in [-0.2, -0.15) is 0 Å². The average Bonchev–Trinajstić information content (AvgIpc) is 3.14. The standard InChI is InChI=1S/C18H24N4O4S/c1-4-10-19-16(24)12(3)20-15(23)11-27-18-22-21-17(26-18)13-6-8-14(9-7-13)25-5-2/h6-9,12H,4-5,10-11H2,1-3H3,(H,19,24)(H,20,23)/t12-/m0/s1. The molecule has 2 aromatic rings. The maximum Gasteiger partial charge on any atom is 0.277 e. The molecule has 0 bridgehead atoms. The Morgan fingerprint density at radius 2 is 1.96 bits per heavy atom. The van der Waals surface area contributed by atoms with Gasteiger partial charge in [0.1, 0.15) is 11.8 Å². The maximum atomic E-state index is 12.0. The lowest BCUT2D eigenvalue weighted by molar-refractivity contribution is -0.127. The summed E-state index contributed by atoms with van der Waals surface area (Å²) in [6, 6.07) is 6.72. The summed E-state index contributed by atoms with van der Waals surface area (Å²) in [5.74, 6) is 0.735. The molecule has 0 spiro atoms. The largest absolute Gasteiger partial charge is 0.494 e. The molecule has 0 saturated carbocycles. The van der Waals surface area contributed by atoms with Gasteiger partial charge in [-0.15, -0.1) is 10.2 Å². The molecule has 0 fully saturated rings. The predicted octanol–water partition coefficient (Wildman–Crippen LogP) is 2.26. The molecule has 1 atom stereocenters. The Balaban J connectivity index is 1.83. The third-order valence-corrected chi connectivity index (χ3v) is 4.28. The molecule has 1 aromatic heterocycles. The van der Waals surface area contributed by atoms with Gasteiger partial charge in [0.05, 0.1) is 12.4 Å². The number of carbonyl (C=O) groups is 2. The Hall–Kier alpha value is -2.55. The first-order valence-electron chi connectivity index (χ1n) is 8.80. The molecule has 146 valence electrons. The number of nitrogens with one attached hydrogen (secondary N) is 2. The summed E-state index contributed by atoms with van der Waals surface area (Å²) in [5, 5.41) is 13.6. The molecule has 1 heterocycles. The minimum atomic E-state index is -0.591. The van der Waals surface area contributed by atoms with Crippen molar-refractivity contribution in [3.05, 3.63) is 24.3 Å². The Bertz CT molecular complexity index is 748.